The van der Waals surface area contributed by atoms with Crippen LogP contribution in [0.5, 0.6) is 17.2 Å². The van der Waals surface area contributed by atoms with Crippen LogP contribution in [0, 0.1) is 0 Å². The number of ether oxygens (including phenoxy) is 4. The molecular weight excluding hydrogens is 655 g/mol. The van der Waals surface area contributed by atoms with Crippen molar-refractivity contribution >= 4 is 29.0 Å². The van der Waals surface area contributed by atoms with Crippen LogP contribution in [0.3, 0.4) is 0 Å². The van der Waals surface area contributed by atoms with Gasteiger partial charge in [0, 0.05) is 35.3 Å². The summed E-state index contributed by atoms with van der Waals surface area (Å²) in [5.74, 6) is -0.318. The first kappa shape index (κ1) is 36.3. The Labute approximate surface area is 289 Å². The van der Waals surface area contributed by atoms with Gasteiger partial charge in [0.1, 0.15) is 28.9 Å². The molecule has 5 rings (SSSR count). The number of nitrogens with one attached hydrogen (secondary N) is 1. The molecule has 1 fully saturated rings. The maximum absolute atomic E-state index is 14.6. The number of hydrogen-bond acceptors (Lipinski definition) is 9. The van der Waals surface area contributed by atoms with E-state index < -0.39 is 35.3 Å². The number of halogens is 3. The molecule has 13 heteroatoms. The summed E-state index contributed by atoms with van der Waals surface area (Å²) in [6.45, 7) is 10.4. The first-order chi connectivity index (χ1) is 23.3. The Balaban J connectivity index is 1.48. The Morgan fingerprint density at radius 3 is 2.10 bits per heavy atom. The molecule has 1 N–H and O–H groups in total. The number of oxime groups is 1. The normalized spacial score (nSPS) is 16.0. The molecule has 2 aliphatic rings. The molecule has 1 aliphatic carbocycles. The molecular formula is C37H42F3N3O7. The van der Waals surface area contributed by atoms with Gasteiger partial charge < -0.3 is 34.0 Å². The van der Waals surface area contributed by atoms with Crippen LogP contribution in [0.25, 0.3) is 0 Å². The third-order valence-corrected chi connectivity index (χ3v) is 8.51. The summed E-state index contributed by atoms with van der Waals surface area (Å²) in [6, 6.07) is 15.4. The summed E-state index contributed by atoms with van der Waals surface area (Å²) in [7, 11) is 3.03. The molecule has 10 nitrogen and oxygen atoms in total. The largest absolute Gasteiger partial charge is 0.573 e. The zero-order valence-corrected chi connectivity index (χ0v) is 29.4. The minimum atomic E-state index is -4.88. The predicted molar refractivity (Wildman–Crippen MR) is 182 cm³/mol. The van der Waals surface area contributed by atoms with E-state index in [1.54, 1.807) is 90.1 Å². The second-order valence-electron chi connectivity index (χ2n) is 14.0. The number of anilines is 2. The molecule has 0 saturated heterocycles. The summed E-state index contributed by atoms with van der Waals surface area (Å²) in [6.07, 6.45) is -3.25. The van der Waals surface area contributed by atoms with Crippen molar-refractivity contribution in [2.75, 3.05) is 31.0 Å². The number of carbonyl (C=O) groups excluding carboxylic acids is 2. The molecule has 3 aromatic rings. The Morgan fingerprint density at radius 2 is 1.52 bits per heavy atom. The molecule has 1 unspecified atom stereocenters. The maximum Gasteiger partial charge on any atom is 0.573 e. The van der Waals surface area contributed by atoms with Gasteiger partial charge in [-0.15, -0.1) is 13.2 Å². The van der Waals surface area contributed by atoms with Crippen LogP contribution in [0.1, 0.15) is 77.1 Å². The lowest BCUT2D eigenvalue weighted by molar-refractivity contribution is -0.274. The molecule has 268 valence electrons. The van der Waals surface area contributed by atoms with Crippen molar-refractivity contribution in [3.63, 3.8) is 0 Å². The van der Waals surface area contributed by atoms with Gasteiger partial charge in [0.05, 0.1) is 25.6 Å². The van der Waals surface area contributed by atoms with Crippen molar-refractivity contribution in [2.24, 2.45) is 5.16 Å². The van der Waals surface area contributed by atoms with Gasteiger partial charge in [-0.3, -0.25) is 4.79 Å². The lowest BCUT2D eigenvalue weighted by Crippen LogP contribution is -2.40. The van der Waals surface area contributed by atoms with E-state index in [0.717, 1.165) is 18.4 Å². The van der Waals surface area contributed by atoms with Crippen molar-refractivity contribution in [3.05, 3.63) is 77.4 Å². The molecule has 1 spiro atoms. The fourth-order valence-electron chi connectivity index (χ4n) is 5.72. The Hall–Kier alpha value is -4.94. The van der Waals surface area contributed by atoms with Crippen molar-refractivity contribution in [2.45, 2.75) is 83.4 Å². The van der Waals surface area contributed by atoms with Gasteiger partial charge in [0.15, 0.2) is 0 Å². The van der Waals surface area contributed by atoms with Gasteiger partial charge in [-0.1, -0.05) is 23.4 Å². The number of methoxy groups -OCH3 is 2. The van der Waals surface area contributed by atoms with Crippen molar-refractivity contribution in [1.82, 2.24) is 0 Å². The third kappa shape index (κ3) is 8.26. The molecule has 1 heterocycles. The number of carbonyl (C=O) groups is 2. The monoisotopic (exact) mass is 697 g/mol. The van der Waals surface area contributed by atoms with Crippen LogP contribution < -0.4 is 24.4 Å². The maximum atomic E-state index is 14.6. The van der Waals surface area contributed by atoms with Gasteiger partial charge in [-0.2, -0.15) is 0 Å². The van der Waals surface area contributed by atoms with E-state index in [-0.39, 0.29) is 11.3 Å². The summed E-state index contributed by atoms with van der Waals surface area (Å²) in [5, 5.41) is 7.56. The SMILES string of the molecule is COc1ccc(C(Nc2cc(OC)cc(/C(C)=N/OC(C)(C)C(=O)OC(C)(C)C)c2)C(=O)N2CC3(CC3)c3ccc(OC(F)(F)F)cc32)cc1. The van der Waals surface area contributed by atoms with Crippen molar-refractivity contribution < 1.29 is 46.5 Å². The summed E-state index contributed by atoms with van der Waals surface area (Å²) < 4.78 is 60.0. The molecule has 1 atom stereocenters. The average Bonchev–Trinajstić information content (AvgIpc) is 3.76. The minimum Gasteiger partial charge on any atom is -0.497 e. The molecule has 3 aromatic carbocycles. The standard InChI is InChI=1S/C37H42F3N3O7/c1-22(42-50-35(5,6)33(45)49-34(2,3)4)24-17-25(19-28(18-24)47-8)41-31(23-9-11-26(46-7)12-10-23)32(44)43-21-36(15-16-36)29-14-13-27(20-30(29)43)48-37(38,39)40/h9-14,17-20,31,41H,15-16,21H2,1-8H3/b42-22+. The van der Waals surface area contributed by atoms with E-state index in [9.17, 15) is 22.8 Å². The second-order valence-corrected chi connectivity index (χ2v) is 14.0. The summed E-state index contributed by atoms with van der Waals surface area (Å²) in [4.78, 5) is 34.5. The number of alkyl halides is 3. The van der Waals surface area contributed by atoms with E-state index in [4.69, 9.17) is 19.0 Å². The smallest absolute Gasteiger partial charge is 0.497 e. The van der Waals surface area contributed by atoms with Crippen molar-refractivity contribution in [3.8, 4) is 17.2 Å². The van der Waals surface area contributed by atoms with Crippen LogP contribution in [-0.2, 0) is 24.6 Å². The van der Waals surface area contributed by atoms with Gasteiger partial charge in [-0.25, -0.2) is 4.79 Å². The van der Waals surface area contributed by atoms with Gasteiger partial charge >= 0.3 is 12.3 Å². The Bertz CT molecular complexity index is 1780. The number of amides is 1. The zero-order valence-electron chi connectivity index (χ0n) is 29.4. The number of nitrogens with zero attached hydrogens (tertiary/aromatic N) is 2. The molecule has 1 aliphatic heterocycles. The number of fused-ring (bicyclic) bond motifs is 2. The van der Waals surface area contributed by atoms with Gasteiger partial charge in [0.2, 0.25) is 5.60 Å². The number of esters is 1. The van der Waals surface area contributed by atoms with E-state index in [2.05, 4.69) is 15.2 Å². The number of hydrogen-bond donors (Lipinski definition) is 1. The van der Waals surface area contributed by atoms with Gasteiger partial charge in [0.25, 0.3) is 5.91 Å². The van der Waals surface area contributed by atoms with Crippen LogP contribution in [0.2, 0.25) is 0 Å². The quantitative estimate of drug-likeness (QED) is 0.124. The first-order valence-electron chi connectivity index (χ1n) is 16.1. The fourth-order valence-corrected chi connectivity index (χ4v) is 5.72. The average molecular weight is 698 g/mol. The summed E-state index contributed by atoms with van der Waals surface area (Å²) >= 11 is 0. The highest BCUT2D eigenvalue weighted by Gasteiger charge is 2.54. The fraction of sp³-hybridized carbons (Fsp3) is 0.432. The molecule has 1 saturated carbocycles. The molecule has 0 aromatic heterocycles. The van der Waals surface area contributed by atoms with E-state index in [1.807, 2.05) is 0 Å². The number of rotatable bonds is 11. The predicted octanol–water partition coefficient (Wildman–Crippen LogP) is 7.69. The number of benzene rings is 3. The highest BCUT2D eigenvalue weighted by molar-refractivity contribution is 6.03. The van der Waals surface area contributed by atoms with Crippen LogP contribution in [0.4, 0.5) is 24.5 Å². The molecule has 1 amide bonds. The van der Waals surface area contributed by atoms with Crippen LogP contribution in [-0.4, -0.2) is 55.9 Å². The Morgan fingerprint density at radius 1 is 0.880 bits per heavy atom. The molecule has 50 heavy (non-hydrogen) atoms. The lowest BCUT2D eigenvalue weighted by Gasteiger charge is -2.27. The highest BCUT2D eigenvalue weighted by Crippen LogP contribution is 2.57. The van der Waals surface area contributed by atoms with Gasteiger partial charge in [-0.05, 0) is 95.8 Å². The zero-order chi connectivity index (χ0) is 36.6. The lowest BCUT2D eigenvalue weighted by atomic mass is 9.99. The Kier molecular flexibility index (Phi) is 9.75. The van der Waals surface area contributed by atoms with Crippen LogP contribution in [0.15, 0.2) is 65.8 Å². The topological polar surface area (TPSA) is 108 Å². The second kappa shape index (κ2) is 13.4. The first-order valence-corrected chi connectivity index (χ1v) is 16.1. The molecule has 0 radical (unpaired) electrons. The molecule has 0 bridgehead atoms. The van der Waals surface area contributed by atoms with E-state index >= 15 is 0 Å². The minimum absolute atomic E-state index is 0.310. The van der Waals surface area contributed by atoms with Crippen LogP contribution >= 0.6 is 0 Å². The highest BCUT2D eigenvalue weighted by atomic mass is 19.4. The van der Waals surface area contributed by atoms with E-state index in [0.29, 0.717) is 46.3 Å². The third-order valence-electron chi connectivity index (χ3n) is 8.51. The van der Waals surface area contributed by atoms with E-state index in [1.165, 1.54) is 31.3 Å². The van der Waals surface area contributed by atoms with Crippen molar-refractivity contribution in [1.29, 1.82) is 0 Å². The summed E-state index contributed by atoms with van der Waals surface area (Å²) in [5.41, 5.74) is 0.872.